The number of amides is 1. The fourth-order valence-electron chi connectivity index (χ4n) is 1.57. The molecular formula is C14H11FN4O. The van der Waals surface area contributed by atoms with Crippen LogP contribution < -0.4 is 11.3 Å². The lowest BCUT2D eigenvalue weighted by Gasteiger charge is -2.18. The number of halogens is 1. The van der Waals surface area contributed by atoms with Crippen LogP contribution in [0.2, 0.25) is 0 Å². The van der Waals surface area contributed by atoms with Crippen molar-refractivity contribution in [1.29, 1.82) is 5.26 Å². The van der Waals surface area contributed by atoms with Gasteiger partial charge in [0.05, 0.1) is 22.9 Å². The second-order valence-corrected chi connectivity index (χ2v) is 3.96. The van der Waals surface area contributed by atoms with Gasteiger partial charge in [0, 0.05) is 0 Å². The Hall–Kier alpha value is -2.91. The first-order valence-electron chi connectivity index (χ1n) is 5.72. The van der Waals surface area contributed by atoms with Gasteiger partial charge in [-0.2, -0.15) is 10.4 Å². The predicted octanol–water partition coefficient (Wildman–Crippen LogP) is 2.04. The molecule has 100 valence electrons. The summed E-state index contributed by atoms with van der Waals surface area (Å²) in [6.07, 6.45) is 0. The minimum absolute atomic E-state index is 0.129. The molecule has 0 fully saturated rings. The number of carbonyl (C=O) groups is 1. The summed E-state index contributed by atoms with van der Waals surface area (Å²) in [6.45, 7) is 0. The molecule has 0 heterocycles. The van der Waals surface area contributed by atoms with Gasteiger partial charge in [0.2, 0.25) is 0 Å². The summed E-state index contributed by atoms with van der Waals surface area (Å²) >= 11 is 0. The summed E-state index contributed by atoms with van der Waals surface area (Å²) in [4.78, 5) is 11.9. The summed E-state index contributed by atoms with van der Waals surface area (Å²) in [5.74, 6) is 4.22. The van der Waals surface area contributed by atoms with E-state index in [9.17, 15) is 9.18 Å². The number of nitrogens with zero attached hydrogens (tertiary/aromatic N) is 2. The number of carbonyl (C=O) groups excluding carboxylic acids is 1. The number of anilines is 1. The van der Waals surface area contributed by atoms with Gasteiger partial charge in [-0.1, -0.05) is 12.1 Å². The summed E-state index contributed by atoms with van der Waals surface area (Å²) in [5.41, 5.74) is 3.47. The number of nitrogens with one attached hydrogen (secondary N) is 1. The fraction of sp³-hybridized carbons (Fsp3) is 0. The van der Waals surface area contributed by atoms with Crippen molar-refractivity contribution >= 4 is 11.6 Å². The minimum atomic E-state index is -0.701. The van der Waals surface area contributed by atoms with Crippen LogP contribution in [0.5, 0.6) is 0 Å². The average Bonchev–Trinajstić information content (AvgIpc) is 2.48. The standard InChI is InChI=1S/C14H11FN4O/c15-13-4-2-1-3-12(13)14(20)19(17)18-11-7-5-10(9-16)6-8-11/h1-8,18H,17H2. The third-order valence-electron chi connectivity index (χ3n) is 2.59. The van der Waals surface area contributed by atoms with Crippen LogP contribution in [0.25, 0.3) is 0 Å². The van der Waals surface area contributed by atoms with E-state index in [1.807, 2.05) is 6.07 Å². The monoisotopic (exact) mass is 270 g/mol. The molecule has 2 aromatic carbocycles. The highest BCUT2D eigenvalue weighted by Gasteiger charge is 2.16. The molecule has 0 radical (unpaired) electrons. The normalized spacial score (nSPS) is 9.65. The van der Waals surface area contributed by atoms with Gasteiger partial charge in [-0.25, -0.2) is 10.2 Å². The van der Waals surface area contributed by atoms with Crippen molar-refractivity contribution in [2.75, 3.05) is 5.43 Å². The first-order valence-corrected chi connectivity index (χ1v) is 5.72. The summed E-state index contributed by atoms with van der Waals surface area (Å²) in [5, 5.41) is 9.37. The largest absolute Gasteiger partial charge is 0.289 e. The van der Waals surface area contributed by atoms with E-state index in [1.165, 1.54) is 18.2 Å². The number of nitrogens with two attached hydrogens (primary N) is 1. The molecule has 2 aromatic rings. The molecular weight excluding hydrogens is 259 g/mol. The molecule has 0 aliphatic rings. The molecule has 0 atom stereocenters. The third kappa shape index (κ3) is 2.91. The fourth-order valence-corrected chi connectivity index (χ4v) is 1.57. The highest BCUT2D eigenvalue weighted by atomic mass is 19.1. The Morgan fingerprint density at radius 2 is 1.85 bits per heavy atom. The SMILES string of the molecule is N#Cc1ccc(NN(N)C(=O)c2ccccc2F)cc1. The number of hydrogen-bond donors (Lipinski definition) is 2. The Labute approximate surface area is 115 Å². The van der Waals surface area contributed by atoms with E-state index in [1.54, 1.807) is 30.3 Å². The molecule has 1 amide bonds. The van der Waals surface area contributed by atoms with Gasteiger partial charge in [0.15, 0.2) is 0 Å². The zero-order chi connectivity index (χ0) is 14.5. The smallest absolute Gasteiger partial charge is 0.281 e. The summed E-state index contributed by atoms with van der Waals surface area (Å²) in [7, 11) is 0. The van der Waals surface area contributed by atoms with E-state index < -0.39 is 11.7 Å². The number of hydrogen-bond acceptors (Lipinski definition) is 4. The molecule has 5 nitrogen and oxygen atoms in total. The number of hydrazine groups is 2. The zero-order valence-electron chi connectivity index (χ0n) is 10.4. The molecule has 0 saturated carbocycles. The molecule has 0 aliphatic carbocycles. The lowest BCUT2D eigenvalue weighted by atomic mass is 10.2. The quantitative estimate of drug-likeness (QED) is 0.508. The molecule has 0 bridgehead atoms. The van der Waals surface area contributed by atoms with Gasteiger partial charge >= 0.3 is 0 Å². The Kier molecular flexibility index (Phi) is 3.93. The summed E-state index contributed by atoms with van der Waals surface area (Å²) < 4.78 is 13.5. The van der Waals surface area contributed by atoms with E-state index in [2.05, 4.69) is 5.43 Å². The molecule has 0 spiro atoms. The molecule has 0 unspecified atom stereocenters. The van der Waals surface area contributed by atoms with Gasteiger partial charge in [0.25, 0.3) is 5.91 Å². The van der Waals surface area contributed by atoms with E-state index in [0.717, 1.165) is 0 Å². The lowest BCUT2D eigenvalue weighted by molar-refractivity contribution is 0.0788. The Bertz CT molecular complexity index is 664. The van der Waals surface area contributed by atoms with Crippen LogP contribution in [0.1, 0.15) is 15.9 Å². The van der Waals surface area contributed by atoms with Crippen LogP contribution >= 0.6 is 0 Å². The van der Waals surface area contributed by atoms with E-state index in [-0.39, 0.29) is 5.56 Å². The number of nitriles is 1. The Balaban J connectivity index is 2.11. The van der Waals surface area contributed by atoms with Crippen LogP contribution in [0.15, 0.2) is 48.5 Å². The van der Waals surface area contributed by atoms with Gasteiger partial charge in [-0.15, -0.1) is 0 Å². The van der Waals surface area contributed by atoms with Gasteiger partial charge in [0.1, 0.15) is 5.82 Å². The third-order valence-corrected chi connectivity index (χ3v) is 2.59. The van der Waals surface area contributed by atoms with Gasteiger partial charge < -0.3 is 0 Å². The highest BCUT2D eigenvalue weighted by Crippen LogP contribution is 2.12. The van der Waals surface area contributed by atoms with Crippen LogP contribution in [0.3, 0.4) is 0 Å². The maximum absolute atomic E-state index is 13.5. The van der Waals surface area contributed by atoms with Gasteiger partial charge in [-0.05, 0) is 36.4 Å². The van der Waals surface area contributed by atoms with Crippen molar-refractivity contribution in [1.82, 2.24) is 5.12 Å². The average molecular weight is 270 g/mol. The maximum Gasteiger partial charge on any atom is 0.289 e. The molecule has 0 aromatic heterocycles. The van der Waals surface area contributed by atoms with Gasteiger partial charge in [-0.3, -0.25) is 10.2 Å². The van der Waals surface area contributed by atoms with E-state index in [4.69, 9.17) is 11.1 Å². The van der Waals surface area contributed by atoms with Crippen molar-refractivity contribution in [3.05, 3.63) is 65.5 Å². The van der Waals surface area contributed by atoms with Crippen LogP contribution in [-0.2, 0) is 0 Å². The molecule has 3 N–H and O–H groups in total. The van der Waals surface area contributed by atoms with Crippen LogP contribution in [0, 0.1) is 17.1 Å². The Morgan fingerprint density at radius 3 is 2.45 bits per heavy atom. The van der Waals surface area contributed by atoms with Crippen molar-refractivity contribution < 1.29 is 9.18 Å². The molecule has 6 heteroatoms. The number of rotatable bonds is 3. The molecule has 0 saturated heterocycles. The van der Waals surface area contributed by atoms with Crippen LogP contribution in [-0.4, -0.2) is 11.0 Å². The first kappa shape index (κ1) is 13.5. The molecule has 0 aliphatic heterocycles. The second-order valence-electron chi connectivity index (χ2n) is 3.96. The Morgan fingerprint density at radius 1 is 1.20 bits per heavy atom. The van der Waals surface area contributed by atoms with E-state index in [0.29, 0.717) is 16.4 Å². The van der Waals surface area contributed by atoms with E-state index >= 15 is 0 Å². The topological polar surface area (TPSA) is 82.2 Å². The van der Waals surface area contributed by atoms with Crippen molar-refractivity contribution in [3.8, 4) is 6.07 Å². The molecule has 20 heavy (non-hydrogen) atoms. The lowest BCUT2D eigenvalue weighted by Crippen LogP contribution is -2.42. The highest BCUT2D eigenvalue weighted by molar-refractivity contribution is 5.94. The van der Waals surface area contributed by atoms with Crippen molar-refractivity contribution in [2.24, 2.45) is 5.84 Å². The van der Waals surface area contributed by atoms with Crippen LogP contribution in [0.4, 0.5) is 10.1 Å². The molecule has 2 rings (SSSR count). The number of benzene rings is 2. The minimum Gasteiger partial charge on any atom is -0.281 e. The predicted molar refractivity (Wildman–Crippen MR) is 71.5 cm³/mol. The summed E-state index contributed by atoms with van der Waals surface area (Å²) in [6, 6.07) is 13.9. The zero-order valence-corrected chi connectivity index (χ0v) is 10.4. The maximum atomic E-state index is 13.5. The first-order chi connectivity index (χ1) is 9.61. The van der Waals surface area contributed by atoms with Crippen molar-refractivity contribution in [3.63, 3.8) is 0 Å². The van der Waals surface area contributed by atoms with Crippen molar-refractivity contribution in [2.45, 2.75) is 0 Å². The second kappa shape index (κ2) is 5.82.